The smallest absolute Gasteiger partial charge is 0.353 e. The summed E-state index contributed by atoms with van der Waals surface area (Å²) < 4.78 is 0. The minimum absolute atomic E-state index is 0.453. The number of anilines is 2. The fourth-order valence-electron chi connectivity index (χ4n) is 1.22. The Kier molecular flexibility index (Phi) is 4.13. The van der Waals surface area contributed by atoms with Crippen LogP contribution in [0, 0.1) is 10.1 Å². The number of hydrogen-bond donors (Lipinski definition) is 4. The third kappa shape index (κ3) is 3.49. The topological polar surface area (TPSA) is 182 Å². The fraction of sp³-hybridized carbons (Fsp3) is 0.250. The van der Waals surface area contributed by atoms with Gasteiger partial charge >= 0.3 is 17.6 Å². The van der Waals surface area contributed by atoms with E-state index in [9.17, 15) is 19.7 Å². The summed E-state index contributed by atoms with van der Waals surface area (Å²) in [5.41, 5.74) is 4.57. The summed E-state index contributed by atoms with van der Waals surface area (Å²) in [4.78, 5) is 38.1. The third-order valence-electron chi connectivity index (χ3n) is 2.02. The molecule has 0 saturated carbocycles. The van der Waals surface area contributed by atoms with Crippen LogP contribution in [0.5, 0.6) is 0 Å². The van der Waals surface area contributed by atoms with Crippen LogP contribution in [0.2, 0.25) is 0 Å². The lowest BCUT2D eigenvalue weighted by molar-refractivity contribution is -0.383. The zero-order chi connectivity index (χ0) is 14.6. The standard InChI is InChI=1S/C8H9N5O6/c9-6-5(13(18)19)7(11-2-10-6)12-3(8(16)17)1-4(14)15/h2-3H,1H2,(H,14,15)(H,16,17)(H3,9,10,11,12)/t3-/m0/s1. The largest absolute Gasteiger partial charge is 0.481 e. The molecule has 0 amide bonds. The molecule has 1 heterocycles. The number of carboxylic acid groups (broad SMARTS) is 2. The number of carboxylic acids is 2. The predicted octanol–water partition coefficient (Wildman–Crippen LogP) is -0.693. The molecule has 0 aromatic carbocycles. The van der Waals surface area contributed by atoms with Crippen molar-refractivity contribution in [2.24, 2.45) is 0 Å². The van der Waals surface area contributed by atoms with Gasteiger partial charge in [0.2, 0.25) is 11.6 Å². The molecule has 102 valence electrons. The summed E-state index contributed by atoms with van der Waals surface area (Å²) in [6.45, 7) is 0. The van der Waals surface area contributed by atoms with Gasteiger partial charge in [0.1, 0.15) is 12.4 Å². The van der Waals surface area contributed by atoms with Crippen LogP contribution in [0.3, 0.4) is 0 Å². The zero-order valence-electron chi connectivity index (χ0n) is 9.31. The van der Waals surface area contributed by atoms with Gasteiger partial charge in [-0.3, -0.25) is 14.9 Å². The van der Waals surface area contributed by atoms with E-state index >= 15 is 0 Å². The molecule has 0 saturated heterocycles. The minimum Gasteiger partial charge on any atom is -0.481 e. The number of nitrogens with two attached hydrogens (primary N) is 1. The number of nitrogens with zero attached hydrogens (tertiary/aromatic N) is 3. The molecule has 0 radical (unpaired) electrons. The van der Waals surface area contributed by atoms with E-state index in [1.54, 1.807) is 0 Å². The second-order valence-electron chi connectivity index (χ2n) is 3.35. The van der Waals surface area contributed by atoms with Gasteiger partial charge in [-0.05, 0) is 0 Å². The Bertz CT molecular complexity index is 532. The number of rotatable bonds is 6. The van der Waals surface area contributed by atoms with Gasteiger partial charge in [0.15, 0.2) is 0 Å². The van der Waals surface area contributed by atoms with E-state index in [2.05, 4.69) is 15.3 Å². The maximum Gasteiger partial charge on any atom is 0.353 e. The molecule has 1 atom stereocenters. The highest BCUT2D eigenvalue weighted by atomic mass is 16.6. The monoisotopic (exact) mass is 271 g/mol. The molecule has 0 aliphatic heterocycles. The molecular weight excluding hydrogens is 262 g/mol. The lowest BCUT2D eigenvalue weighted by Crippen LogP contribution is -2.32. The van der Waals surface area contributed by atoms with Crippen molar-refractivity contribution in [1.82, 2.24) is 9.97 Å². The molecule has 1 aromatic heterocycles. The predicted molar refractivity (Wildman–Crippen MR) is 60.4 cm³/mol. The van der Waals surface area contributed by atoms with Crippen LogP contribution in [0.15, 0.2) is 6.33 Å². The molecule has 0 spiro atoms. The SMILES string of the molecule is Nc1ncnc(N[C@@H](CC(=O)O)C(=O)O)c1[N+](=O)[O-]. The van der Waals surface area contributed by atoms with E-state index in [1.165, 1.54) is 0 Å². The summed E-state index contributed by atoms with van der Waals surface area (Å²) in [6.07, 6.45) is 0.112. The molecule has 19 heavy (non-hydrogen) atoms. The Hall–Kier alpha value is -2.98. The van der Waals surface area contributed by atoms with Crippen LogP contribution < -0.4 is 11.1 Å². The van der Waals surface area contributed by atoms with E-state index in [0.717, 1.165) is 6.33 Å². The minimum atomic E-state index is -1.58. The first-order valence-corrected chi connectivity index (χ1v) is 4.79. The Labute approximate surface area is 105 Å². The van der Waals surface area contributed by atoms with Crippen LogP contribution in [-0.2, 0) is 9.59 Å². The number of aromatic nitrogens is 2. The van der Waals surface area contributed by atoms with E-state index in [-0.39, 0.29) is 0 Å². The molecule has 11 nitrogen and oxygen atoms in total. The van der Waals surface area contributed by atoms with Crippen LogP contribution in [0.4, 0.5) is 17.3 Å². The number of nitrogens with one attached hydrogen (secondary N) is 1. The maximum atomic E-state index is 10.8. The first-order chi connectivity index (χ1) is 8.82. The van der Waals surface area contributed by atoms with Crippen LogP contribution >= 0.6 is 0 Å². The van der Waals surface area contributed by atoms with E-state index in [0.29, 0.717) is 0 Å². The Balaban J connectivity index is 3.09. The second-order valence-corrected chi connectivity index (χ2v) is 3.35. The van der Waals surface area contributed by atoms with Crippen molar-refractivity contribution in [2.45, 2.75) is 12.5 Å². The van der Waals surface area contributed by atoms with Crippen molar-refractivity contribution in [3.05, 3.63) is 16.4 Å². The van der Waals surface area contributed by atoms with Gasteiger partial charge in [-0.15, -0.1) is 0 Å². The van der Waals surface area contributed by atoms with Crippen LogP contribution in [-0.4, -0.2) is 43.1 Å². The quantitative estimate of drug-likeness (QED) is 0.381. The normalized spacial score (nSPS) is 11.6. The highest BCUT2D eigenvalue weighted by molar-refractivity contribution is 5.84. The molecule has 0 bridgehead atoms. The van der Waals surface area contributed by atoms with Gasteiger partial charge in [0.25, 0.3) is 0 Å². The Morgan fingerprint density at radius 1 is 1.47 bits per heavy atom. The Morgan fingerprint density at radius 2 is 2.11 bits per heavy atom. The Morgan fingerprint density at radius 3 is 2.58 bits per heavy atom. The molecule has 11 heteroatoms. The zero-order valence-corrected chi connectivity index (χ0v) is 9.31. The maximum absolute atomic E-state index is 10.8. The van der Waals surface area contributed by atoms with Gasteiger partial charge < -0.3 is 21.3 Å². The molecule has 1 rings (SSSR count). The second kappa shape index (κ2) is 5.57. The van der Waals surface area contributed by atoms with E-state index in [4.69, 9.17) is 15.9 Å². The summed E-state index contributed by atoms with van der Waals surface area (Å²) in [7, 11) is 0. The summed E-state index contributed by atoms with van der Waals surface area (Å²) in [6, 6.07) is -1.58. The molecule has 0 aliphatic rings. The number of aliphatic carboxylic acids is 2. The number of carbonyl (C=O) groups is 2. The first-order valence-electron chi connectivity index (χ1n) is 4.79. The van der Waals surface area contributed by atoms with Gasteiger partial charge in [-0.1, -0.05) is 0 Å². The molecule has 0 aliphatic carbocycles. The van der Waals surface area contributed by atoms with E-state index < -0.39 is 46.6 Å². The van der Waals surface area contributed by atoms with Gasteiger partial charge in [-0.2, -0.15) is 0 Å². The van der Waals surface area contributed by atoms with Gasteiger partial charge in [0.05, 0.1) is 11.3 Å². The summed E-state index contributed by atoms with van der Waals surface area (Å²) >= 11 is 0. The average molecular weight is 271 g/mol. The van der Waals surface area contributed by atoms with Crippen LogP contribution in [0.1, 0.15) is 6.42 Å². The van der Waals surface area contributed by atoms with Crippen molar-refractivity contribution in [3.63, 3.8) is 0 Å². The highest BCUT2D eigenvalue weighted by Gasteiger charge is 2.27. The van der Waals surface area contributed by atoms with Crippen LogP contribution in [0.25, 0.3) is 0 Å². The van der Waals surface area contributed by atoms with Gasteiger partial charge in [-0.25, -0.2) is 14.8 Å². The van der Waals surface area contributed by atoms with Gasteiger partial charge in [0, 0.05) is 0 Å². The van der Waals surface area contributed by atoms with Crippen molar-refractivity contribution in [1.29, 1.82) is 0 Å². The molecule has 0 unspecified atom stereocenters. The summed E-state index contributed by atoms with van der Waals surface area (Å²) in [5, 5.41) is 30.3. The highest BCUT2D eigenvalue weighted by Crippen LogP contribution is 2.27. The lowest BCUT2D eigenvalue weighted by atomic mass is 10.2. The molecule has 5 N–H and O–H groups in total. The molecular formula is C8H9N5O6. The first kappa shape index (κ1) is 14.1. The molecule has 1 aromatic rings. The fourth-order valence-corrected chi connectivity index (χ4v) is 1.22. The van der Waals surface area contributed by atoms with Crippen molar-refractivity contribution in [3.8, 4) is 0 Å². The lowest BCUT2D eigenvalue weighted by Gasteiger charge is -2.12. The molecule has 0 fully saturated rings. The number of nitrogen functional groups attached to an aromatic ring is 1. The van der Waals surface area contributed by atoms with Crippen molar-refractivity contribution in [2.75, 3.05) is 11.1 Å². The third-order valence-corrected chi connectivity index (χ3v) is 2.02. The van der Waals surface area contributed by atoms with Crippen molar-refractivity contribution < 1.29 is 24.7 Å². The van der Waals surface area contributed by atoms with Crippen molar-refractivity contribution >= 4 is 29.3 Å². The summed E-state index contributed by atoms with van der Waals surface area (Å²) in [5.74, 6) is -3.79. The average Bonchev–Trinajstić information content (AvgIpc) is 2.26. The van der Waals surface area contributed by atoms with E-state index in [1.807, 2.05) is 0 Å². The number of nitro groups is 1. The number of hydrogen-bond acceptors (Lipinski definition) is 8.